The number of nitrogens with zero attached hydrogens (tertiary/aromatic N) is 5. The van der Waals surface area contributed by atoms with E-state index in [9.17, 15) is 0 Å². The fourth-order valence-corrected chi connectivity index (χ4v) is 9.27. The Morgan fingerprint density at radius 1 is 1.05 bits per heavy atom. The summed E-state index contributed by atoms with van der Waals surface area (Å²) in [5, 5.41) is 13.7. The zero-order valence-electron chi connectivity index (χ0n) is 23.9. The van der Waals surface area contributed by atoms with E-state index in [0.29, 0.717) is 29.2 Å². The Labute approximate surface area is 244 Å². The molecule has 0 amide bonds. The number of oxazole rings is 1. The molecule has 2 saturated carbocycles. The number of hydrogen-bond acceptors (Lipinski definition) is 8. The Morgan fingerprint density at radius 3 is 2.56 bits per heavy atom. The molecule has 0 unspecified atom stereocenters. The van der Waals surface area contributed by atoms with Crippen LogP contribution in [0.4, 0.5) is 0 Å². The van der Waals surface area contributed by atoms with Crippen molar-refractivity contribution in [1.29, 1.82) is 0 Å². The number of aryl methyl sites for hydroxylation is 2. The smallest absolute Gasteiger partial charge is 0.196 e. The number of thiophene rings is 1. The lowest BCUT2D eigenvalue weighted by Gasteiger charge is -2.64. The molecule has 4 aliphatic rings. The Hall–Kier alpha value is -3.30. The number of fused-ring (bicyclic) bond motifs is 3. The standard InChI is InChI=1S/C32H36N6O2S/c1-19-20(2)41-30-27(19)28(35-25(14-26-34-12-13-39-26)29-37-36-21(3)38(29)30)22-4-6-23(7-5-22)40-24-15-32(16-24)17-31(18-32)8-10-33-11-9-31/h4-7,12-13,24-25,33H,8-11,14-18H2,1-3H3/t25-/m0/s1. The molecule has 0 bridgehead atoms. The van der Waals surface area contributed by atoms with Crippen LogP contribution in [0.25, 0.3) is 5.00 Å². The van der Waals surface area contributed by atoms with Gasteiger partial charge in [0.1, 0.15) is 28.9 Å². The molecule has 1 aromatic carbocycles. The van der Waals surface area contributed by atoms with Gasteiger partial charge in [-0.25, -0.2) is 4.98 Å². The minimum Gasteiger partial charge on any atom is -0.490 e. The van der Waals surface area contributed by atoms with Crippen LogP contribution in [0, 0.1) is 31.6 Å². The zero-order chi connectivity index (χ0) is 27.8. The summed E-state index contributed by atoms with van der Waals surface area (Å²) >= 11 is 1.77. The predicted molar refractivity (Wildman–Crippen MR) is 158 cm³/mol. The van der Waals surface area contributed by atoms with E-state index in [-0.39, 0.29) is 6.04 Å². The van der Waals surface area contributed by atoms with Gasteiger partial charge in [0.2, 0.25) is 0 Å². The maximum Gasteiger partial charge on any atom is 0.196 e. The van der Waals surface area contributed by atoms with E-state index in [1.807, 2.05) is 6.92 Å². The van der Waals surface area contributed by atoms with Gasteiger partial charge in [-0.3, -0.25) is 9.56 Å². The zero-order valence-corrected chi connectivity index (χ0v) is 24.8. The van der Waals surface area contributed by atoms with Crippen molar-refractivity contribution in [3.63, 3.8) is 0 Å². The van der Waals surface area contributed by atoms with Crippen LogP contribution in [0.2, 0.25) is 0 Å². The van der Waals surface area contributed by atoms with Crippen LogP contribution in [0.1, 0.15) is 83.7 Å². The van der Waals surface area contributed by atoms with E-state index in [0.717, 1.165) is 39.2 Å². The van der Waals surface area contributed by atoms with Crippen molar-refractivity contribution in [2.75, 3.05) is 13.1 Å². The normalized spacial score (nSPS) is 22.4. The minimum absolute atomic E-state index is 0.267. The van der Waals surface area contributed by atoms with E-state index < -0.39 is 0 Å². The third-order valence-corrected chi connectivity index (χ3v) is 11.2. The number of aliphatic imine (C=N–C) groups is 1. The van der Waals surface area contributed by atoms with Gasteiger partial charge in [-0.1, -0.05) is 0 Å². The molecule has 3 fully saturated rings. The van der Waals surface area contributed by atoms with Crippen LogP contribution >= 0.6 is 11.3 Å². The molecule has 0 radical (unpaired) electrons. The first kappa shape index (κ1) is 25.4. The van der Waals surface area contributed by atoms with Crippen molar-refractivity contribution in [2.45, 2.75) is 77.9 Å². The number of hydrogen-bond donors (Lipinski definition) is 1. The van der Waals surface area contributed by atoms with Gasteiger partial charge in [0.25, 0.3) is 0 Å². The molecule has 8 rings (SSSR count). The van der Waals surface area contributed by atoms with Gasteiger partial charge in [-0.2, -0.15) is 0 Å². The predicted octanol–water partition coefficient (Wildman–Crippen LogP) is 6.07. The number of piperidine rings is 1. The van der Waals surface area contributed by atoms with Gasteiger partial charge in [0.15, 0.2) is 11.7 Å². The average Bonchev–Trinajstić information content (AvgIpc) is 3.63. The molecule has 2 aliphatic carbocycles. The highest BCUT2D eigenvalue weighted by Gasteiger charge is 2.60. The van der Waals surface area contributed by atoms with E-state index in [1.165, 1.54) is 62.1 Å². The molecular weight excluding hydrogens is 532 g/mol. The van der Waals surface area contributed by atoms with Gasteiger partial charge >= 0.3 is 0 Å². The lowest BCUT2D eigenvalue weighted by molar-refractivity contribution is -0.156. The molecule has 8 nitrogen and oxygen atoms in total. The largest absolute Gasteiger partial charge is 0.490 e. The topological polar surface area (TPSA) is 90.4 Å². The molecule has 5 heterocycles. The molecule has 2 aliphatic heterocycles. The minimum atomic E-state index is -0.267. The maximum absolute atomic E-state index is 6.47. The number of ether oxygens (including phenoxy) is 1. The number of rotatable bonds is 5. The fraction of sp³-hybridized carbons (Fsp3) is 0.500. The van der Waals surface area contributed by atoms with Crippen molar-refractivity contribution in [1.82, 2.24) is 25.1 Å². The second kappa shape index (κ2) is 9.36. The van der Waals surface area contributed by atoms with Crippen LogP contribution in [-0.2, 0) is 6.42 Å². The number of nitrogens with one attached hydrogen (secondary N) is 1. The van der Waals surface area contributed by atoms with E-state index >= 15 is 0 Å². The summed E-state index contributed by atoms with van der Waals surface area (Å²) in [5.74, 6) is 3.26. The maximum atomic E-state index is 6.47. The van der Waals surface area contributed by atoms with Crippen molar-refractivity contribution in [3.8, 4) is 10.8 Å². The summed E-state index contributed by atoms with van der Waals surface area (Å²) in [5.41, 5.74) is 5.62. The van der Waals surface area contributed by atoms with Gasteiger partial charge in [0.05, 0.1) is 24.4 Å². The van der Waals surface area contributed by atoms with Crippen molar-refractivity contribution >= 4 is 17.0 Å². The van der Waals surface area contributed by atoms with Crippen molar-refractivity contribution < 1.29 is 9.15 Å². The van der Waals surface area contributed by atoms with Gasteiger partial charge < -0.3 is 14.5 Å². The highest BCUT2D eigenvalue weighted by atomic mass is 32.1. The molecule has 212 valence electrons. The van der Waals surface area contributed by atoms with Gasteiger partial charge in [-0.05, 0) is 113 Å². The monoisotopic (exact) mass is 568 g/mol. The van der Waals surface area contributed by atoms with Crippen molar-refractivity contribution in [2.24, 2.45) is 15.8 Å². The summed E-state index contributed by atoms with van der Waals surface area (Å²) in [4.78, 5) is 11.0. The number of aromatic nitrogens is 4. The first-order valence-electron chi connectivity index (χ1n) is 14.9. The Morgan fingerprint density at radius 2 is 1.83 bits per heavy atom. The summed E-state index contributed by atoms with van der Waals surface area (Å²) in [7, 11) is 0. The summed E-state index contributed by atoms with van der Waals surface area (Å²) in [6, 6.07) is 8.29. The molecule has 1 N–H and O–H groups in total. The summed E-state index contributed by atoms with van der Waals surface area (Å²) < 4.78 is 14.3. The van der Waals surface area contributed by atoms with Crippen LogP contribution in [0.15, 0.2) is 46.1 Å². The van der Waals surface area contributed by atoms with E-state index in [4.69, 9.17) is 14.1 Å². The quantitative estimate of drug-likeness (QED) is 0.314. The fourth-order valence-electron chi connectivity index (χ4n) is 8.06. The number of benzene rings is 1. The van der Waals surface area contributed by atoms with Crippen molar-refractivity contribution in [3.05, 3.63) is 75.8 Å². The summed E-state index contributed by atoms with van der Waals surface area (Å²) in [6.07, 6.45) is 12.1. The molecule has 4 aromatic rings. The molecule has 1 saturated heterocycles. The third-order valence-electron chi connectivity index (χ3n) is 10.0. The third kappa shape index (κ3) is 4.19. The summed E-state index contributed by atoms with van der Waals surface area (Å²) in [6.45, 7) is 8.75. The Bertz CT molecular complexity index is 1610. The lowest BCUT2D eigenvalue weighted by Crippen LogP contribution is -2.59. The molecule has 3 aromatic heterocycles. The van der Waals surface area contributed by atoms with Gasteiger partial charge in [0, 0.05) is 16.0 Å². The van der Waals surface area contributed by atoms with Gasteiger partial charge in [-0.15, -0.1) is 21.5 Å². The lowest BCUT2D eigenvalue weighted by atomic mass is 9.42. The molecular formula is C32H36N6O2S. The molecule has 9 heteroatoms. The SMILES string of the molecule is Cc1sc2c(c1C)C(c1ccc(OC3CC4(C3)CC3(CCNCC3)C4)cc1)=N[C@@H](Cc1ncco1)c1nnc(C)n1-2. The van der Waals surface area contributed by atoms with Crippen LogP contribution in [-0.4, -0.2) is 44.7 Å². The molecule has 41 heavy (non-hydrogen) atoms. The highest BCUT2D eigenvalue weighted by Crippen LogP contribution is 2.67. The molecule has 1 atom stereocenters. The Balaban J connectivity index is 1.06. The molecule has 2 spiro atoms. The van der Waals surface area contributed by atoms with Crippen LogP contribution < -0.4 is 10.1 Å². The average molecular weight is 569 g/mol. The van der Waals surface area contributed by atoms with Crippen LogP contribution in [0.5, 0.6) is 5.75 Å². The van der Waals surface area contributed by atoms with E-state index in [1.54, 1.807) is 23.8 Å². The second-order valence-electron chi connectivity index (χ2n) is 12.8. The second-order valence-corrected chi connectivity index (χ2v) is 14.0. The van der Waals surface area contributed by atoms with E-state index in [2.05, 4.69) is 63.2 Å². The Kier molecular flexibility index (Phi) is 5.80. The van der Waals surface area contributed by atoms with Crippen LogP contribution in [0.3, 0.4) is 0 Å². The first-order valence-corrected chi connectivity index (χ1v) is 15.7. The highest BCUT2D eigenvalue weighted by molar-refractivity contribution is 7.15. The first-order chi connectivity index (χ1) is 19.9.